The summed E-state index contributed by atoms with van der Waals surface area (Å²) in [5.41, 5.74) is 8.26. The maximum Gasteiger partial charge on any atom is 0.311 e. The van der Waals surface area contributed by atoms with Crippen LogP contribution in [0, 0.1) is 5.92 Å². The lowest BCUT2D eigenvalue weighted by Gasteiger charge is -2.38. The first-order chi connectivity index (χ1) is 13.6. The molecule has 0 radical (unpaired) electrons. The molecule has 0 saturated carbocycles. The molecule has 1 aliphatic carbocycles. The van der Waals surface area contributed by atoms with E-state index in [2.05, 4.69) is 29.2 Å². The molecule has 2 aliphatic heterocycles. The Morgan fingerprint density at radius 3 is 2.32 bits per heavy atom. The van der Waals surface area contributed by atoms with Crippen LogP contribution < -0.4 is 5.73 Å². The normalized spacial score (nSPS) is 23.6. The third-order valence-electron chi connectivity index (χ3n) is 6.62. The molecule has 1 aromatic carbocycles. The number of benzene rings is 1. The van der Waals surface area contributed by atoms with E-state index in [1.54, 1.807) is 4.90 Å². The fraction of sp³-hybridized carbons (Fsp3) is 0.636. The highest BCUT2D eigenvalue weighted by molar-refractivity contribution is 6.34. The minimum absolute atomic E-state index is 0.0420. The van der Waals surface area contributed by atoms with Crippen LogP contribution in [0.25, 0.3) is 0 Å². The van der Waals surface area contributed by atoms with E-state index in [0.29, 0.717) is 25.0 Å². The van der Waals surface area contributed by atoms with Gasteiger partial charge in [-0.1, -0.05) is 24.3 Å². The molecule has 0 spiro atoms. The summed E-state index contributed by atoms with van der Waals surface area (Å²) in [6.07, 6.45) is 6.41. The van der Waals surface area contributed by atoms with Gasteiger partial charge in [0.1, 0.15) is 0 Å². The Morgan fingerprint density at radius 2 is 1.75 bits per heavy atom. The molecule has 1 unspecified atom stereocenters. The molecule has 6 heteroatoms. The summed E-state index contributed by atoms with van der Waals surface area (Å²) in [5.74, 6) is -1.01. The van der Waals surface area contributed by atoms with E-state index in [4.69, 9.17) is 10.5 Å². The monoisotopic (exact) mass is 385 g/mol. The maximum atomic E-state index is 12.3. The van der Waals surface area contributed by atoms with E-state index >= 15 is 0 Å². The van der Waals surface area contributed by atoms with Gasteiger partial charge in [-0.3, -0.25) is 14.5 Å². The van der Waals surface area contributed by atoms with Crippen molar-refractivity contribution in [2.45, 2.75) is 50.7 Å². The van der Waals surface area contributed by atoms with Gasteiger partial charge < -0.3 is 15.4 Å². The van der Waals surface area contributed by atoms with Crippen LogP contribution in [0.2, 0.25) is 0 Å². The molecule has 152 valence electrons. The first-order valence-corrected chi connectivity index (χ1v) is 10.6. The van der Waals surface area contributed by atoms with Gasteiger partial charge in [-0.25, -0.2) is 0 Å². The van der Waals surface area contributed by atoms with Crippen molar-refractivity contribution in [1.29, 1.82) is 0 Å². The van der Waals surface area contributed by atoms with Crippen LogP contribution in [0.4, 0.5) is 0 Å². The Hall–Kier alpha value is -1.92. The molecule has 2 fully saturated rings. The molecule has 2 saturated heterocycles. The Morgan fingerprint density at radius 1 is 1.07 bits per heavy atom. The molecule has 0 bridgehead atoms. The number of piperidine rings is 1. The lowest BCUT2D eigenvalue weighted by molar-refractivity contribution is -0.145. The van der Waals surface area contributed by atoms with Crippen molar-refractivity contribution in [2.24, 2.45) is 11.7 Å². The minimum atomic E-state index is -0.862. The number of hydrogen-bond acceptors (Lipinski definition) is 4. The second-order valence-electron chi connectivity index (χ2n) is 8.52. The van der Waals surface area contributed by atoms with Gasteiger partial charge >= 0.3 is 11.8 Å². The molecular formula is C22H31N3O3. The van der Waals surface area contributed by atoms with Crippen LogP contribution in [0.5, 0.6) is 0 Å². The van der Waals surface area contributed by atoms with Crippen molar-refractivity contribution in [3.05, 3.63) is 35.4 Å². The average molecular weight is 386 g/mol. The highest BCUT2D eigenvalue weighted by Crippen LogP contribution is 2.29. The molecule has 28 heavy (non-hydrogen) atoms. The predicted octanol–water partition coefficient (Wildman–Crippen LogP) is 1.36. The summed E-state index contributed by atoms with van der Waals surface area (Å²) in [6, 6.07) is 9.37. The molecule has 0 aromatic heterocycles. The first-order valence-electron chi connectivity index (χ1n) is 10.6. The first kappa shape index (κ1) is 19.4. The van der Waals surface area contributed by atoms with Crippen molar-refractivity contribution in [1.82, 2.24) is 9.80 Å². The fourth-order valence-electron chi connectivity index (χ4n) is 5.04. The zero-order valence-corrected chi connectivity index (χ0v) is 16.5. The number of nitrogens with two attached hydrogens (primary N) is 1. The van der Waals surface area contributed by atoms with Gasteiger partial charge in [-0.05, 0) is 68.7 Å². The average Bonchev–Trinajstić information content (AvgIpc) is 3.36. The van der Waals surface area contributed by atoms with Crippen molar-refractivity contribution >= 4 is 11.8 Å². The van der Waals surface area contributed by atoms with Gasteiger partial charge in [0.25, 0.3) is 0 Å². The molecule has 2 amide bonds. The Balaban J connectivity index is 1.29. The molecule has 6 nitrogen and oxygen atoms in total. The number of carbonyl (C=O) groups is 2. The Bertz CT molecular complexity index is 684. The van der Waals surface area contributed by atoms with E-state index in [-0.39, 0.29) is 6.10 Å². The highest BCUT2D eigenvalue weighted by atomic mass is 16.5. The summed E-state index contributed by atoms with van der Waals surface area (Å²) in [5, 5.41) is 0. The van der Waals surface area contributed by atoms with E-state index in [1.807, 2.05) is 0 Å². The standard InChI is InChI=1S/C22H31N3O3/c23-21(26)22(27)25(15-20-6-3-11-28-20)14-16-7-9-24(10-8-16)19-12-17-4-1-2-5-18(17)13-19/h1-2,4-5,16,19-20H,3,6-15H2,(H2,23,26). The fourth-order valence-corrected chi connectivity index (χ4v) is 5.04. The molecule has 3 aliphatic rings. The topological polar surface area (TPSA) is 75.9 Å². The molecular weight excluding hydrogens is 354 g/mol. The molecule has 1 atom stereocenters. The lowest BCUT2D eigenvalue weighted by atomic mass is 9.94. The van der Waals surface area contributed by atoms with Crippen LogP contribution in [-0.2, 0) is 27.2 Å². The van der Waals surface area contributed by atoms with E-state index in [1.165, 1.54) is 11.1 Å². The predicted molar refractivity (Wildman–Crippen MR) is 107 cm³/mol. The SMILES string of the molecule is NC(=O)C(=O)N(CC1CCN(C2Cc3ccccc3C2)CC1)CC1CCCO1. The van der Waals surface area contributed by atoms with Crippen molar-refractivity contribution in [3.8, 4) is 0 Å². The lowest BCUT2D eigenvalue weighted by Crippen LogP contribution is -2.48. The van der Waals surface area contributed by atoms with Crippen LogP contribution in [0.15, 0.2) is 24.3 Å². The van der Waals surface area contributed by atoms with Crippen molar-refractivity contribution in [2.75, 3.05) is 32.8 Å². The number of amides is 2. The summed E-state index contributed by atoms with van der Waals surface area (Å²) >= 11 is 0. The highest BCUT2D eigenvalue weighted by Gasteiger charge is 2.32. The summed E-state index contributed by atoms with van der Waals surface area (Å²) in [7, 11) is 0. The molecule has 2 N–H and O–H groups in total. The van der Waals surface area contributed by atoms with Gasteiger partial charge in [-0.2, -0.15) is 0 Å². The van der Waals surface area contributed by atoms with Gasteiger partial charge in [0.05, 0.1) is 6.10 Å². The minimum Gasteiger partial charge on any atom is -0.376 e. The number of hydrogen-bond donors (Lipinski definition) is 1. The van der Waals surface area contributed by atoms with E-state index in [9.17, 15) is 9.59 Å². The number of likely N-dealkylation sites (tertiary alicyclic amines) is 1. The second kappa shape index (κ2) is 8.62. The van der Waals surface area contributed by atoms with Crippen molar-refractivity contribution < 1.29 is 14.3 Å². The largest absolute Gasteiger partial charge is 0.376 e. The summed E-state index contributed by atoms with van der Waals surface area (Å²) < 4.78 is 5.66. The van der Waals surface area contributed by atoms with Crippen LogP contribution >= 0.6 is 0 Å². The number of ether oxygens (including phenoxy) is 1. The van der Waals surface area contributed by atoms with Gasteiger partial charge in [0.15, 0.2) is 0 Å². The molecule has 2 heterocycles. The third kappa shape index (κ3) is 4.39. The second-order valence-corrected chi connectivity index (χ2v) is 8.52. The number of primary amides is 1. The Kier molecular flexibility index (Phi) is 5.97. The number of fused-ring (bicyclic) bond motifs is 1. The number of nitrogens with zero attached hydrogens (tertiary/aromatic N) is 2. The molecule has 4 rings (SSSR count). The van der Waals surface area contributed by atoms with Gasteiger partial charge in [0.2, 0.25) is 0 Å². The quantitative estimate of drug-likeness (QED) is 0.777. The number of rotatable bonds is 5. The summed E-state index contributed by atoms with van der Waals surface area (Å²) in [4.78, 5) is 28.0. The third-order valence-corrected chi connectivity index (χ3v) is 6.62. The van der Waals surface area contributed by atoms with E-state index in [0.717, 1.165) is 58.2 Å². The van der Waals surface area contributed by atoms with Crippen LogP contribution in [0.3, 0.4) is 0 Å². The van der Waals surface area contributed by atoms with Gasteiger partial charge in [-0.15, -0.1) is 0 Å². The van der Waals surface area contributed by atoms with Crippen LogP contribution in [-0.4, -0.2) is 66.5 Å². The zero-order chi connectivity index (χ0) is 19.5. The van der Waals surface area contributed by atoms with Crippen molar-refractivity contribution in [3.63, 3.8) is 0 Å². The number of carbonyl (C=O) groups excluding carboxylic acids is 2. The smallest absolute Gasteiger partial charge is 0.311 e. The van der Waals surface area contributed by atoms with E-state index < -0.39 is 11.8 Å². The van der Waals surface area contributed by atoms with Crippen LogP contribution in [0.1, 0.15) is 36.8 Å². The molecule has 1 aromatic rings. The summed E-state index contributed by atoms with van der Waals surface area (Å²) in [6.45, 7) is 3.95. The Labute approximate surface area is 167 Å². The van der Waals surface area contributed by atoms with Gasteiger partial charge in [0, 0.05) is 25.7 Å². The maximum absolute atomic E-state index is 12.3. The zero-order valence-electron chi connectivity index (χ0n) is 16.5.